The molecule has 2 aliphatic rings. The number of carbonyl (C=O) groups excluding carboxylic acids is 2. The van der Waals surface area contributed by atoms with Gasteiger partial charge in [-0.3, -0.25) is 0 Å². The number of carbonyl (C=O) groups is 2. The lowest BCUT2D eigenvalue weighted by Gasteiger charge is -2.34. The van der Waals surface area contributed by atoms with E-state index in [9.17, 15) is 9.59 Å². The van der Waals surface area contributed by atoms with Crippen molar-refractivity contribution in [3.8, 4) is 46.0 Å². The first-order chi connectivity index (χ1) is 51.0. The van der Waals surface area contributed by atoms with E-state index in [-0.39, 0.29) is 49.0 Å². The lowest BCUT2D eigenvalue weighted by atomic mass is 9.72. The van der Waals surface area contributed by atoms with Gasteiger partial charge in [0.05, 0.1) is 28.2 Å². The van der Waals surface area contributed by atoms with Crippen LogP contribution in [0.4, 0.5) is 17.1 Å². The maximum Gasteiger partial charge on any atom is 0.346 e. The van der Waals surface area contributed by atoms with Gasteiger partial charge in [-0.15, -0.1) is 6.58 Å². The van der Waals surface area contributed by atoms with E-state index in [0.29, 0.717) is 67.5 Å². The first-order valence-corrected chi connectivity index (χ1v) is 38.9. The van der Waals surface area contributed by atoms with Crippen LogP contribution in [0.2, 0.25) is 0 Å². The highest BCUT2D eigenvalue weighted by Crippen LogP contribution is 2.60. The van der Waals surface area contributed by atoms with Crippen LogP contribution in [-0.2, 0) is 26.4 Å². The molecule has 0 saturated carbocycles. The number of ether oxygens (including phenoxy) is 5. The first kappa shape index (κ1) is 71.9. The summed E-state index contributed by atoms with van der Waals surface area (Å²) in [5.74, 6) is 3.22. The molecule has 2 aliphatic heterocycles. The molecule has 16 rings (SSSR count). The number of cyclic esters (lactones) is 2. The van der Waals surface area contributed by atoms with Crippen LogP contribution in [0.5, 0.6) is 46.0 Å². The molecule has 8 nitrogen and oxygen atoms in total. The molecule has 0 unspecified atom stereocenters. The van der Waals surface area contributed by atoms with Crippen molar-refractivity contribution < 1.29 is 33.3 Å². The summed E-state index contributed by atoms with van der Waals surface area (Å²) in [4.78, 5) is 34.0. The van der Waals surface area contributed by atoms with Gasteiger partial charge < -0.3 is 28.6 Å². The van der Waals surface area contributed by atoms with Crippen LogP contribution in [0.25, 0.3) is 75.4 Å². The molecule has 0 saturated heterocycles. The molecule has 0 atom stereocenters. The third-order valence-electron chi connectivity index (χ3n) is 22.2. The molecule has 2 heterocycles. The van der Waals surface area contributed by atoms with Crippen molar-refractivity contribution in [3.63, 3.8) is 0 Å². The minimum atomic E-state index is -0.750. The summed E-state index contributed by atoms with van der Waals surface area (Å²) in [5, 5.41) is 11.8. The molecule has 546 valence electrons. The predicted molar refractivity (Wildman–Crippen MR) is 450 cm³/mol. The van der Waals surface area contributed by atoms with Crippen molar-refractivity contribution in [2.75, 3.05) is 4.90 Å². The van der Waals surface area contributed by atoms with E-state index >= 15 is 0 Å². The van der Waals surface area contributed by atoms with Crippen molar-refractivity contribution >= 4 is 116 Å². The highest BCUT2D eigenvalue weighted by Gasteiger charge is 2.38. The zero-order valence-electron chi connectivity index (χ0n) is 65.8. The van der Waals surface area contributed by atoms with E-state index in [4.69, 9.17) is 23.7 Å². The Balaban J connectivity index is 1.03. The number of hydrogen-bond donors (Lipinski definition) is 0. The lowest BCUT2D eigenvalue weighted by molar-refractivity contribution is 0.0390. The average molecular weight is 1440 g/mol. The van der Waals surface area contributed by atoms with Gasteiger partial charge in [-0.1, -0.05) is 232 Å². The smallest absolute Gasteiger partial charge is 0.346 e. The van der Waals surface area contributed by atoms with Gasteiger partial charge in [0.25, 0.3) is 0 Å². The molecule has 0 aliphatic carbocycles. The Hall–Kier alpha value is -10.4. The molecule has 0 fully saturated rings. The van der Waals surface area contributed by atoms with Crippen molar-refractivity contribution in [3.05, 3.63) is 246 Å². The molecule has 9 heteroatoms. The monoisotopic (exact) mass is 1440 g/mol. The Labute approximate surface area is 640 Å². The van der Waals surface area contributed by atoms with Gasteiger partial charge in [0, 0.05) is 58.9 Å². The van der Waals surface area contributed by atoms with Crippen molar-refractivity contribution in [2.45, 2.75) is 182 Å². The van der Waals surface area contributed by atoms with Crippen LogP contribution in [0.15, 0.2) is 222 Å². The molecule has 0 N–H and O–H groups in total. The fourth-order valence-corrected chi connectivity index (χ4v) is 20.0. The zero-order chi connectivity index (χ0) is 76.3. The molecule has 0 aromatic heterocycles. The molecule has 14 aromatic rings. The quantitative estimate of drug-likeness (QED) is 0.0274. The summed E-state index contributed by atoms with van der Waals surface area (Å²) in [5.41, 5.74) is 9.16. The minimum Gasteiger partial charge on any atom is -0.457 e. The van der Waals surface area contributed by atoms with Gasteiger partial charge in [0.2, 0.25) is 0 Å². The van der Waals surface area contributed by atoms with E-state index in [1.54, 1.807) is 23.9 Å². The second-order valence-electron chi connectivity index (χ2n) is 37.0. The third-order valence-corrected chi connectivity index (χ3v) is 23.3. The number of para-hydroxylation sites is 2. The Morgan fingerprint density at radius 1 is 0.343 bits per heavy atom. The fraction of sp³-hybridized carbons (Fsp3) is 0.293. The van der Waals surface area contributed by atoms with Gasteiger partial charge >= 0.3 is 11.9 Å². The second-order valence-corrected chi connectivity index (χ2v) is 38.1. The van der Waals surface area contributed by atoms with Crippen molar-refractivity contribution in [1.29, 1.82) is 0 Å². The second kappa shape index (κ2) is 25.7. The molecule has 0 spiro atoms. The normalized spacial score (nSPS) is 13.9. The molecular formula is C99H97NO7S. The van der Waals surface area contributed by atoms with Crippen LogP contribution in [0.3, 0.4) is 0 Å². The summed E-state index contributed by atoms with van der Waals surface area (Å²) in [6.07, 6.45) is 3.77. The van der Waals surface area contributed by atoms with Crippen LogP contribution < -0.4 is 23.8 Å². The number of esters is 2. The molecule has 14 aromatic carbocycles. The predicted octanol–water partition coefficient (Wildman–Crippen LogP) is 29.4. The van der Waals surface area contributed by atoms with Crippen molar-refractivity contribution in [2.24, 2.45) is 16.2 Å². The molecule has 0 bridgehead atoms. The molecule has 0 radical (unpaired) electrons. The number of allylic oxidation sites excluding steroid dienone is 1. The minimum absolute atomic E-state index is 0.0874. The van der Waals surface area contributed by atoms with Crippen LogP contribution >= 0.6 is 11.8 Å². The zero-order valence-corrected chi connectivity index (χ0v) is 66.6. The number of nitrogens with zero attached hydrogens (tertiary/aromatic N) is 1. The Morgan fingerprint density at radius 3 is 1.04 bits per heavy atom. The summed E-state index contributed by atoms with van der Waals surface area (Å²) in [7, 11) is 0. The van der Waals surface area contributed by atoms with E-state index in [1.165, 1.54) is 22.3 Å². The summed E-state index contributed by atoms with van der Waals surface area (Å²) in [6.45, 7) is 45.3. The van der Waals surface area contributed by atoms with Gasteiger partial charge in [-0.25, -0.2) is 9.59 Å². The Morgan fingerprint density at radius 2 is 0.667 bits per heavy atom. The summed E-state index contributed by atoms with van der Waals surface area (Å²) < 4.78 is 35.6. The highest BCUT2D eigenvalue weighted by atomic mass is 32.2. The van der Waals surface area contributed by atoms with Gasteiger partial charge in [0.1, 0.15) is 46.0 Å². The van der Waals surface area contributed by atoms with Crippen LogP contribution in [0, 0.1) is 16.2 Å². The summed E-state index contributed by atoms with van der Waals surface area (Å²) in [6, 6.07) is 70.4. The van der Waals surface area contributed by atoms with Crippen molar-refractivity contribution in [1.82, 2.24) is 0 Å². The van der Waals surface area contributed by atoms with Crippen LogP contribution in [-0.4, -0.2) is 11.9 Å². The number of benzene rings is 14. The SMILES string of the molecule is C=C(C)CC(C)(C)c1ccc(Oc2ccc3c(N4c5ccccc5Sc5ccccc54)cc(Oc4ccc(C(C)(C)CC(C)(C)C)cc4)c4c5ccc6c7c(Oc8ccc(C(C)(C)CC(C)(C)C)cc8)cc8c9c(cc(Oc%10ccc(C(C)(C)CC(C)(C)C)cc%10)c(c%10ccc(c2c34)c5c%106)c97)C(=O)OC8=O)cc1. The number of rotatable bonds is 18. The van der Waals surface area contributed by atoms with E-state index < -0.39 is 11.9 Å². The van der Waals surface area contributed by atoms with E-state index in [0.717, 1.165) is 112 Å². The standard InChI is InChI=1S/C99H97NO7S/c1-57(2)53-96(12,13)58-28-36-62(37-29-58)103-76-49-48-66-75(100-73-24-20-22-26-80(73)108-81-27-23-21-25-74(81)100)52-79(106-65-42-34-61(35-43-65)99(18,19)56-95(9,10)11)86-68-45-47-70-83-69(46-44-67(82(68)83)85(76)89(66)86)87-77(104-63-38-30-59(31-39-63)97(14,15)54-93(3,4)5)50-71-84-72(92(102)107-91(71)101)51-78(88(70)90(84)87)105-64-40-32-60(33-41-64)98(16,17)55-94(6,7)8/h20-52H,1,53-56H2,2-19H3. The largest absolute Gasteiger partial charge is 0.457 e. The maximum atomic E-state index is 14.7. The third kappa shape index (κ3) is 12.9. The van der Waals surface area contributed by atoms with Crippen LogP contribution in [0.1, 0.15) is 193 Å². The van der Waals surface area contributed by atoms with Gasteiger partial charge in [-0.2, -0.15) is 0 Å². The first-order valence-electron chi connectivity index (χ1n) is 38.1. The Bertz CT molecular complexity index is 5790. The highest BCUT2D eigenvalue weighted by molar-refractivity contribution is 7.99. The Kier molecular flexibility index (Phi) is 17.1. The molecule has 108 heavy (non-hydrogen) atoms. The van der Waals surface area contributed by atoms with E-state index in [2.05, 4.69) is 300 Å². The summed E-state index contributed by atoms with van der Waals surface area (Å²) >= 11 is 1.78. The topological polar surface area (TPSA) is 83.5 Å². The number of fused-ring (bicyclic) bond motifs is 6. The van der Waals surface area contributed by atoms with Gasteiger partial charge in [-0.05, 0) is 222 Å². The maximum absolute atomic E-state index is 14.7. The fourth-order valence-electron chi connectivity index (χ4n) is 19.0. The average Bonchev–Trinajstić information content (AvgIpc) is 0.674. The van der Waals surface area contributed by atoms with Gasteiger partial charge in [0.15, 0.2) is 0 Å². The molecular weight excluding hydrogens is 1350 g/mol. The molecule has 0 amide bonds. The number of hydrogen-bond acceptors (Lipinski definition) is 9. The van der Waals surface area contributed by atoms with E-state index in [1.807, 2.05) is 24.3 Å². The lowest BCUT2D eigenvalue weighted by Crippen LogP contribution is -2.24. The number of anilines is 3.